The molecule has 0 saturated carbocycles. The van der Waals surface area contributed by atoms with Gasteiger partial charge in [-0.2, -0.15) is 0 Å². The Hall–Kier alpha value is -2.13. The van der Waals surface area contributed by atoms with E-state index in [2.05, 4.69) is 54.3 Å². The first-order valence-electron chi connectivity index (χ1n) is 9.67. The van der Waals surface area contributed by atoms with Gasteiger partial charge in [-0.05, 0) is 67.0 Å². The van der Waals surface area contributed by atoms with Crippen molar-refractivity contribution in [2.45, 2.75) is 44.6 Å². The van der Waals surface area contributed by atoms with Crippen LogP contribution in [0.3, 0.4) is 0 Å². The molecule has 0 aromatic heterocycles. The molecule has 2 bridgehead atoms. The maximum atomic E-state index is 11.6. The van der Waals surface area contributed by atoms with Gasteiger partial charge in [0, 0.05) is 12.6 Å². The van der Waals surface area contributed by atoms with E-state index in [0.29, 0.717) is 18.4 Å². The van der Waals surface area contributed by atoms with Crippen molar-refractivity contribution in [1.29, 1.82) is 0 Å². The number of hydrogen-bond donors (Lipinski definition) is 0. The third-order valence-corrected chi connectivity index (χ3v) is 6.05. The molecule has 2 aliphatic rings. The number of benzene rings is 2. The minimum Gasteiger partial charge on any atom is -0.469 e. The molecule has 1 heterocycles. The first-order valence-corrected chi connectivity index (χ1v) is 9.67. The van der Waals surface area contributed by atoms with E-state index in [-0.39, 0.29) is 5.97 Å². The Kier molecular flexibility index (Phi) is 4.82. The van der Waals surface area contributed by atoms with E-state index in [1.54, 1.807) is 0 Å². The lowest BCUT2D eigenvalue weighted by atomic mass is 9.93. The van der Waals surface area contributed by atoms with Gasteiger partial charge in [-0.3, -0.25) is 9.69 Å². The number of carbonyl (C=O) groups excluding carboxylic acids is 1. The molecule has 1 aliphatic carbocycles. The number of ether oxygens (including phenoxy) is 1. The number of methoxy groups -OCH3 is 1. The molecule has 1 fully saturated rings. The number of esters is 1. The lowest BCUT2D eigenvalue weighted by Crippen LogP contribution is -2.30. The zero-order valence-corrected chi connectivity index (χ0v) is 15.7. The molecule has 1 aliphatic heterocycles. The normalized spacial score (nSPS) is 21.9. The number of nitrogens with zero attached hydrogens (tertiary/aromatic N) is 1. The molecule has 3 heteroatoms. The molecule has 2 aromatic rings. The van der Waals surface area contributed by atoms with Gasteiger partial charge in [0.25, 0.3) is 0 Å². The summed E-state index contributed by atoms with van der Waals surface area (Å²) in [6.45, 7) is 3.99. The quantitative estimate of drug-likeness (QED) is 0.739. The summed E-state index contributed by atoms with van der Waals surface area (Å²) < 4.78 is 4.84. The number of rotatable bonds is 4. The molecular weight excluding hydrogens is 322 g/mol. The van der Waals surface area contributed by atoms with E-state index < -0.39 is 0 Å². The largest absolute Gasteiger partial charge is 0.469 e. The van der Waals surface area contributed by atoms with Gasteiger partial charge in [-0.15, -0.1) is 0 Å². The average molecular weight is 349 g/mol. The van der Waals surface area contributed by atoms with Crippen molar-refractivity contribution in [2.24, 2.45) is 0 Å². The van der Waals surface area contributed by atoms with Gasteiger partial charge in [-0.1, -0.05) is 42.0 Å². The SMILES string of the molecule is COC(=O)CCN1CCC[C@H]2C[C@@H]1c1cc(-c3ccc(C)cc3)ccc12. The molecule has 0 amide bonds. The highest BCUT2D eigenvalue weighted by Crippen LogP contribution is 2.48. The average Bonchev–Trinajstić information content (AvgIpc) is 2.87. The van der Waals surface area contributed by atoms with Gasteiger partial charge < -0.3 is 4.74 Å². The van der Waals surface area contributed by atoms with Crippen LogP contribution in [0.4, 0.5) is 0 Å². The summed E-state index contributed by atoms with van der Waals surface area (Å²) in [7, 11) is 1.47. The Balaban J connectivity index is 1.63. The summed E-state index contributed by atoms with van der Waals surface area (Å²) in [5.74, 6) is 0.558. The number of carbonyl (C=O) groups is 1. The predicted molar refractivity (Wildman–Crippen MR) is 104 cm³/mol. The minimum absolute atomic E-state index is 0.113. The van der Waals surface area contributed by atoms with E-state index in [0.717, 1.165) is 13.1 Å². The van der Waals surface area contributed by atoms with Crippen LogP contribution < -0.4 is 0 Å². The highest BCUT2D eigenvalue weighted by molar-refractivity contribution is 5.69. The summed E-state index contributed by atoms with van der Waals surface area (Å²) in [5.41, 5.74) is 6.85. The summed E-state index contributed by atoms with van der Waals surface area (Å²) in [6, 6.07) is 16.2. The summed E-state index contributed by atoms with van der Waals surface area (Å²) in [5, 5.41) is 0. The Bertz CT molecular complexity index is 796. The first-order chi connectivity index (χ1) is 12.7. The number of likely N-dealkylation sites (tertiary alicyclic amines) is 1. The second kappa shape index (κ2) is 7.24. The fourth-order valence-electron chi connectivity index (χ4n) is 4.60. The number of hydrogen-bond acceptors (Lipinski definition) is 3. The highest BCUT2D eigenvalue weighted by Gasteiger charge is 2.36. The highest BCUT2D eigenvalue weighted by atomic mass is 16.5. The summed E-state index contributed by atoms with van der Waals surface area (Å²) in [6.07, 6.45) is 4.13. The van der Waals surface area contributed by atoms with E-state index in [1.165, 1.54) is 54.2 Å². The lowest BCUT2D eigenvalue weighted by Gasteiger charge is -2.29. The van der Waals surface area contributed by atoms with Crippen molar-refractivity contribution in [3.05, 3.63) is 59.2 Å². The van der Waals surface area contributed by atoms with E-state index in [9.17, 15) is 4.79 Å². The predicted octanol–water partition coefficient (Wildman–Crippen LogP) is 4.85. The first kappa shape index (κ1) is 17.3. The second-order valence-corrected chi connectivity index (χ2v) is 7.66. The zero-order valence-electron chi connectivity index (χ0n) is 15.7. The Morgan fingerprint density at radius 3 is 2.65 bits per heavy atom. The third-order valence-electron chi connectivity index (χ3n) is 6.05. The van der Waals surface area contributed by atoms with Crippen molar-refractivity contribution >= 4 is 5.97 Å². The number of fused-ring (bicyclic) bond motifs is 5. The van der Waals surface area contributed by atoms with Gasteiger partial charge in [-0.25, -0.2) is 0 Å². The molecule has 0 unspecified atom stereocenters. The molecule has 2 aromatic carbocycles. The molecule has 1 saturated heterocycles. The maximum absolute atomic E-state index is 11.6. The fourth-order valence-corrected chi connectivity index (χ4v) is 4.60. The van der Waals surface area contributed by atoms with Crippen molar-refractivity contribution in [1.82, 2.24) is 4.90 Å². The molecule has 2 atom stereocenters. The Labute approximate surface area is 156 Å². The Morgan fingerprint density at radius 1 is 1.12 bits per heavy atom. The van der Waals surface area contributed by atoms with Gasteiger partial charge in [0.05, 0.1) is 13.5 Å². The molecular formula is C23H27NO2. The molecule has 26 heavy (non-hydrogen) atoms. The second-order valence-electron chi connectivity index (χ2n) is 7.66. The molecule has 0 radical (unpaired) electrons. The van der Waals surface area contributed by atoms with Gasteiger partial charge in [0.15, 0.2) is 0 Å². The van der Waals surface area contributed by atoms with Crippen LogP contribution in [0.2, 0.25) is 0 Å². The standard InChI is InChI=1S/C23H27NO2/c1-16-5-7-17(8-6-16)18-9-10-20-19-4-3-12-24(13-11-23(25)26-2)22(15-19)21(20)14-18/h5-10,14,19,22H,3-4,11-13,15H2,1-2H3/t19-,22+/m0/s1. The lowest BCUT2D eigenvalue weighted by molar-refractivity contribution is -0.141. The number of aryl methyl sites for hydroxylation is 1. The van der Waals surface area contributed by atoms with Gasteiger partial charge >= 0.3 is 5.97 Å². The van der Waals surface area contributed by atoms with Gasteiger partial charge in [0.2, 0.25) is 0 Å². The monoisotopic (exact) mass is 349 g/mol. The van der Waals surface area contributed by atoms with Crippen LogP contribution in [0.1, 0.15) is 54.3 Å². The fraction of sp³-hybridized carbons (Fsp3) is 0.435. The molecule has 3 nitrogen and oxygen atoms in total. The van der Waals surface area contributed by atoms with E-state index >= 15 is 0 Å². The smallest absolute Gasteiger partial charge is 0.306 e. The molecule has 4 rings (SSSR count). The van der Waals surface area contributed by atoms with Crippen LogP contribution in [-0.2, 0) is 9.53 Å². The van der Waals surface area contributed by atoms with Crippen molar-refractivity contribution in [3.63, 3.8) is 0 Å². The maximum Gasteiger partial charge on any atom is 0.306 e. The van der Waals surface area contributed by atoms with Crippen LogP contribution in [0.15, 0.2) is 42.5 Å². The van der Waals surface area contributed by atoms with Crippen molar-refractivity contribution in [2.75, 3.05) is 20.2 Å². The van der Waals surface area contributed by atoms with Crippen LogP contribution in [0.25, 0.3) is 11.1 Å². The minimum atomic E-state index is -0.113. The summed E-state index contributed by atoms with van der Waals surface area (Å²) >= 11 is 0. The topological polar surface area (TPSA) is 29.5 Å². The van der Waals surface area contributed by atoms with Crippen LogP contribution in [-0.4, -0.2) is 31.1 Å². The van der Waals surface area contributed by atoms with Crippen molar-refractivity contribution in [3.8, 4) is 11.1 Å². The van der Waals surface area contributed by atoms with Crippen LogP contribution in [0.5, 0.6) is 0 Å². The molecule has 136 valence electrons. The summed E-state index contributed by atoms with van der Waals surface area (Å²) in [4.78, 5) is 14.1. The molecule has 0 spiro atoms. The Morgan fingerprint density at radius 2 is 1.88 bits per heavy atom. The van der Waals surface area contributed by atoms with Gasteiger partial charge in [0.1, 0.15) is 0 Å². The van der Waals surface area contributed by atoms with E-state index in [4.69, 9.17) is 4.74 Å². The van der Waals surface area contributed by atoms with Crippen molar-refractivity contribution < 1.29 is 9.53 Å². The third kappa shape index (κ3) is 3.28. The van der Waals surface area contributed by atoms with Crippen LogP contribution >= 0.6 is 0 Å². The molecule has 0 N–H and O–H groups in total. The van der Waals surface area contributed by atoms with Crippen LogP contribution in [0, 0.1) is 6.92 Å². The zero-order chi connectivity index (χ0) is 18.1. The van der Waals surface area contributed by atoms with E-state index in [1.807, 2.05) is 0 Å².